The van der Waals surface area contributed by atoms with Gasteiger partial charge in [-0.25, -0.2) is 0 Å². The Labute approximate surface area is 139 Å². The van der Waals surface area contributed by atoms with Gasteiger partial charge in [0, 0.05) is 17.6 Å². The molecule has 1 aromatic carbocycles. The maximum atomic E-state index is 12.1. The second kappa shape index (κ2) is 7.38. The van der Waals surface area contributed by atoms with Crippen LogP contribution in [0.4, 0.5) is 5.69 Å². The molecule has 1 amide bonds. The van der Waals surface area contributed by atoms with E-state index in [1.165, 1.54) is 0 Å². The second-order valence-corrected chi connectivity index (χ2v) is 5.56. The molecule has 1 atom stereocenters. The molecule has 5 nitrogen and oxygen atoms in total. The van der Waals surface area contributed by atoms with Gasteiger partial charge in [-0.2, -0.15) is 11.3 Å². The molecule has 1 aromatic heterocycles. The van der Waals surface area contributed by atoms with Gasteiger partial charge >= 0.3 is 0 Å². The van der Waals surface area contributed by atoms with Gasteiger partial charge in [0.2, 0.25) is 12.7 Å². The van der Waals surface area contributed by atoms with E-state index in [4.69, 9.17) is 9.47 Å². The fraction of sp³-hybridized carbons (Fsp3) is 0.267. The molecule has 0 spiro atoms. The molecule has 0 fully saturated rings. The van der Waals surface area contributed by atoms with E-state index in [0.717, 1.165) is 22.7 Å². The number of amides is 1. The first-order chi connectivity index (χ1) is 10.2. The van der Waals surface area contributed by atoms with Gasteiger partial charge in [0.1, 0.15) is 6.04 Å². The monoisotopic (exact) mass is 340 g/mol. The van der Waals surface area contributed by atoms with Crippen LogP contribution in [0.1, 0.15) is 12.5 Å². The van der Waals surface area contributed by atoms with Crippen LogP contribution in [-0.4, -0.2) is 18.7 Å². The summed E-state index contributed by atoms with van der Waals surface area (Å²) < 4.78 is 10.6. The maximum absolute atomic E-state index is 12.1. The van der Waals surface area contributed by atoms with Crippen LogP contribution in [0.25, 0.3) is 0 Å². The second-order valence-electron chi connectivity index (χ2n) is 4.78. The van der Waals surface area contributed by atoms with Crippen LogP contribution in [0.2, 0.25) is 0 Å². The number of thiophene rings is 1. The summed E-state index contributed by atoms with van der Waals surface area (Å²) in [4.78, 5) is 12.1. The molecule has 3 rings (SSSR count). The van der Waals surface area contributed by atoms with Crippen molar-refractivity contribution in [2.24, 2.45) is 0 Å². The van der Waals surface area contributed by atoms with E-state index in [0.29, 0.717) is 6.54 Å². The molecule has 0 unspecified atom stereocenters. The molecule has 0 bridgehead atoms. The summed E-state index contributed by atoms with van der Waals surface area (Å²) in [5.41, 5.74) is 1.95. The van der Waals surface area contributed by atoms with E-state index in [2.05, 4.69) is 10.6 Å². The van der Waals surface area contributed by atoms with Gasteiger partial charge in [0.25, 0.3) is 0 Å². The minimum atomic E-state index is -0.284. The Hall–Kier alpha value is -1.92. The minimum absolute atomic E-state index is 0. The Balaban J connectivity index is 0.00000176. The third kappa shape index (κ3) is 3.84. The van der Waals surface area contributed by atoms with Crippen LogP contribution in [0.3, 0.4) is 0 Å². The Kier molecular flexibility index (Phi) is 5.51. The number of benzene rings is 1. The van der Waals surface area contributed by atoms with E-state index >= 15 is 0 Å². The predicted octanol–water partition coefficient (Wildman–Crippen LogP) is 3.02. The number of anilines is 1. The number of hydrogen-bond donors (Lipinski definition) is 2. The van der Waals surface area contributed by atoms with Gasteiger partial charge in [-0.1, -0.05) is 6.07 Å². The van der Waals surface area contributed by atoms with Gasteiger partial charge in [-0.05, 0) is 36.1 Å². The predicted molar refractivity (Wildman–Crippen MR) is 89.1 cm³/mol. The summed E-state index contributed by atoms with van der Waals surface area (Å²) in [5, 5.41) is 10.0. The standard InChI is InChI=1S/C15H16N2O3S.ClH/c1-10(17-12-4-5-21-8-12)15(18)16-7-11-2-3-13-14(6-11)20-9-19-13;/h2-6,8,10,17H,7,9H2,1H3,(H,16,18);1H/t10-;/m0./s1. The number of carbonyl (C=O) groups is 1. The Morgan fingerprint density at radius 3 is 2.91 bits per heavy atom. The van der Waals surface area contributed by atoms with Crippen LogP contribution in [0, 0.1) is 0 Å². The lowest BCUT2D eigenvalue weighted by Gasteiger charge is -2.14. The number of halogens is 1. The molecule has 1 aliphatic heterocycles. The highest BCUT2D eigenvalue weighted by molar-refractivity contribution is 7.08. The van der Waals surface area contributed by atoms with E-state index in [1.807, 2.05) is 41.9 Å². The zero-order valence-corrected chi connectivity index (χ0v) is 13.6. The van der Waals surface area contributed by atoms with Gasteiger partial charge in [-0.15, -0.1) is 12.4 Å². The SMILES string of the molecule is C[C@H](Nc1ccsc1)C(=O)NCc1ccc2c(c1)OCO2.Cl. The smallest absolute Gasteiger partial charge is 0.242 e. The number of rotatable bonds is 5. The lowest BCUT2D eigenvalue weighted by Crippen LogP contribution is -2.37. The summed E-state index contributed by atoms with van der Waals surface area (Å²) in [6.07, 6.45) is 0. The van der Waals surface area contributed by atoms with Crippen molar-refractivity contribution in [3.63, 3.8) is 0 Å². The molecule has 2 N–H and O–H groups in total. The quantitative estimate of drug-likeness (QED) is 0.878. The van der Waals surface area contributed by atoms with Crippen molar-refractivity contribution in [1.82, 2.24) is 5.32 Å². The normalized spacial score (nSPS) is 13.1. The lowest BCUT2D eigenvalue weighted by molar-refractivity contribution is -0.121. The van der Waals surface area contributed by atoms with Crippen LogP contribution < -0.4 is 20.1 Å². The van der Waals surface area contributed by atoms with Gasteiger partial charge in [-0.3, -0.25) is 4.79 Å². The van der Waals surface area contributed by atoms with Crippen molar-refractivity contribution < 1.29 is 14.3 Å². The van der Waals surface area contributed by atoms with E-state index in [-0.39, 0.29) is 31.1 Å². The number of hydrogen-bond acceptors (Lipinski definition) is 5. The van der Waals surface area contributed by atoms with E-state index in [9.17, 15) is 4.79 Å². The number of fused-ring (bicyclic) bond motifs is 1. The summed E-state index contributed by atoms with van der Waals surface area (Å²) >= 11 is 1.59. The molecule has 22 heavy (non-hydrogen) atoms. The summed E-state index contributed by atoms with van der Waals surface area (Å²) in [5.74, 6) is 1.43. The minimum Gasteiger partial charge on any atom is -0.454 e. The molecule has 0 saturated heterocycles. The molecule has 2 heterocycles. The lowest BCUT2D eigenvalue weighted by atomic mass is 10.2. The first kappa shape index (κ1) is 16.5. The first-order valence-corrected chi connectivity index (χ1v) is 7.61. The molecule has 1 aliphatic rings. The number of carbonyl (C=O) groups excluding carboxylic acids is 1. The highest BCUT2D eigenvalue weighted by atomic mass is 35.5. The topological polar surface area (TPSA) is 59.6 Å². The Bertz CT molecular complexity index is 634. The van der Waals surface area contributed by atoms with Gasteiger partial charge in [0.05, 0.1) is 0 Å². The molecule has 2 aromatic rings. The number of ether oxygens (including phenoxy) is 2. The molecular formula is C15H17ClN2O3S. The average Bonchev–Trinajstić information content (AvgIpc) is 3.14. The Morgan fingerprint density at radius 1 is 1.32 bits per heavy atom. The molecule has 118 valence electrons. The summed E-state index contributed by atoms with van der Waals surface area (Å²) in [6.45, 7) is 2.56. The molecule has 0 aliphatic carbocycles. The van der Waals surface area contributed by atoms with Crippen molar-refractivity contribution in [2.45, 2.75) is 19.5 Å². The highest BCUT2D eigenvalue weighted by Gasteiger charge is 2.15. The molecule has 0 saturated carbocycles. The van der Waals surface area contributed by atoms with Crippen molar-refractivity contribution in [3.05, 3.63) is 40.6 Å². The largest absolute Gasteiger partial charge is 0.454 e. The average molecular weight is 341 g/mol. The van der Waals surface area contributed by atoms with Crippen LogP contribution >= 0.6 is 23.7 Å². The molecule has 7 heteroatoms. The fourth-order valence-electron chi connectivity index (χ4n) is 2.06. The zero-order valence-electron chi connectivity index (χ0n) is 12.0. The first-order valence-electron chi connectivity index (χ1n) is 6.67. The maximum Gasteiger partial charge on any atom is 0.242 e. The summed E-state index contributed by atoms with van der Waals surface area (Å²) in [7, 11) is 0. The van der Waals surface area contributed by atoms with Gasteiger partial charge in [0.15, 0.2) is 11.5 Å². The van der Waals surface area contributed by atoms with Crippen molar-refractivity contribution in [1.29, 1.82) is 0 Å². The van der Waals surface area contributed by atoms with E-state index < -0.39 is 0 Å². The van der Waals surface area contributed by atoms with Crippen molar-refractivity contribution >= 4 is 35.3 Å². The molecular weight excluding hydrogens is 324 g/mol. The Morgan fingerprint density at radius 2 is 2.14 bits per heavy atom. The fourth-order valence-corrected chi connectivity index (χ4v) is 2.65. The third-order valence-electron chi connectivity index (χ3n) is 3.20. The van der Waals surface area contributed by atoms with Crippen LogP contribution in [-0.2, 0) is 11.3 Å². The van der Waals surface area contributed by atoms with Crippen LogP contribution in [0.15, 0.2) is 35.0 Å². The third-order valence-corrected chi connectivity index (χ3v) is 3.88. The zero-order chi connectivity index (χ0) is 14.7. The number of nitrogens with one attached hydrogen (secondary N) is 2. The van der Waals surface area contributed by atoms with Crippen molar-refractivity contribution in [2.75, 3.05) is 12.1 Å². The molecule has 0 radical (unpaired) electrons. The van der Waals surface area contributed by atoms with E-state index in [1.54, 1.807) is 11.3 Å². The summed E-state index contributed by atoms with van der Waals surface area (Å²) in [6, 6.07) is 7.33. The van der Waals surface area contributed by atoms with Crippen LogP contribution in [0.5, 0.6) is 11.5 Å². The highest BCUT2D eigenvalue weighted by Crippen LogP contribution is 2.32. The van der Waals surface area contributed by atoms with Crippen molar-refractivity contribution in [3.8, 4) is 11.5 Å². The van der Waals surface area contributed by atoms with Gasteiger partial charge < -0.3 is 20.1 Å².